The summed E-state index contributed by atoms with van der Waals surface area (Å²) in [4.78, 5) is 24.9. The Morgan fingerprint density at radius 3 is 2.63 bits per heavy atom. The van der Waals surface area contributed by atoms with Gasteiger partial charge in [-0.2, -0.15) is 0 Å². The van der Waals surface area contributed by atoms with Crippen molar-refractivity contribution in [1.29, 1.82) is 0 Å². The summed E-state index contributed by atoms with van der Waals surface area (Å²) in [6.45, 7) is 3.62. The van der Waals surface area contributed by atoms with E-state index in [0.29, 0.717) is 0 Å². The molecule has 0 spiro atoms. The van der Waals surface area contributed by atoms with Crippen molar-refractivity contribution in [2.45, 2.75) is 19.8 Å². The third-order valence-corrected chi connectivity index (χ3v) is 3.76. The second kappa shape index (κ2) is 5.87. The fourth-order valence-electron chi connectivity index (χ4n) is 2.64. The molecule has 1 aromatic carbocycles. The molecule has 0 aliphatic carbocycles. The second-order valence-corrected chi connectivity index (χ2v) is 5.06. The fourth-order valence-corrected chi connectivity index (χ4v) is 2.64. The molecule has 0 bridgehead atoms. The van der Waals surface area contributed by atoms with E-state index in [2.05, 4.69) is 10.2 Å². The van der Waals surface area contributed by atoms with Crippen LogP contribution in [0.4, 0.5) is 5.69 Å². The maximum Gasteiger partial charge on any atom is 0.222 e. The summed E-state index contributed by atoms with van der Waals surface area (Å²) < 4.78 is 0. The largest absolute Gasteiger partial charge is 0.371 e. The predicted molar refractivity (Wildman–Crippen MR) is 75.6 cm³/mol. The number of aryl methyl sites for hydroxylation is 1. The number of carbonyl (C=O) groups excluding carboxylic acids is 2. The molecule has 0 unspecified atom stereocenters. The molecule has 1 aliphatic rings. The zero-order valence-electron chi connectivity index (χ0n) is 11.5. The lowest BCUT2D eigenvalue weighted by Gasteiger charge is -2.33. The molecule has 19 heavy (non-hydrogen) atoms. The fraction of sp³-hybridized carbons (Fsp3) is 0.467. The van der Waals surface area contributed by atoms with Crippen molar-refractivity contribution in [2.24, 2.45) is 5.92 Å². The molecule has 2 rings (SSSR count). The van der Waals surface area contributed by atoms with Crippen molar-refractivity contribution < 1.29 is 9.59 Å². The molecule has 4 heteroatoms. The minimum Gasteiger partial charge on any atom is -0.371 e. The number of anilines is 1. The van der Waals surface area contributed by atoms with Gasteiger partial charge in [0.05, 0.1) is 0 Å². The lowest BCUT2D eigenvalue weighted by atomic mass is 9.95. The monoisotopic (exact) mass is 260 g/mol. The van der Waals surface area contributed by atoms with Crippen LogP contribution in [0.25, 0.3) is 0 Å². The molecular formula is C15H20N2O2. The van der Waals surface area contributed by atoms with Gasteiger partial charge in [0, 0.05) is 37.3 Å². The molecule has 0 radical (unpaired) electrons. The van der Waals surface area contributed by atoms with Gasteiger partial charge in [-0.25, -0.2) is 0 Å². The first-order valence-corrected chi connectivity index (χ1v) is 6.68. The van der Waals surface area contributed by atoms with Gasteiger partial charge < -0.3 is 10.2 Å². The molecule has 1 aliphatic heterocycles. The number of benzene rings is 1. The highest BCUT2D eigenvalue weighted by atomic mass is 16.1. The van der Waals surface area contributed by atoms with E-state index in [-0.39, 0.29) is 11.8 Å². The van der Waals surface area contributed by atoms with Gasteiger partial charge in [-0.3, -0.25) is 9.59 Å². The van der Waals surface area contributed by atoms with E-state index in [1.807, 2.05) is 25.1 Å². The zero-order valence-corrected chi connectivity index (χ0v) is 11.5. The highest BCUT2D eigenvalue weighted by Gasteiger charge is 2.25. The topological polar surface area (TPSA) is 49.4 Å². The zero-order chi connectivity index (χ0) is 13.8. The van der Waals surface area contributed by atoms with E-state index < -0.39 is 0 Å². The Morgan fingerprint density at radius 2 is 2.05 bits per heavy atom. The minimum atomic E-state index is 0.103. The average Bonchev–Trinajstić information content (AvgIpc) is 2.46. The van der Waals surface area contributed by atoms with Crippen LogP contribution in [-0.2, 0) is 4.79 Å². The summed E-state index contributed by atoms with van der Waals surface area (Å²) in [5.41, 5.74) is 2.81. The van der Waals surface area contributed by atoms with Crippen LogP contribution in [0.5, 0.6) is 0 Å². The summed E-state index contributed by atoms with van der Waals surface area (Å²) in [6.07, 6.45) is 2.59. The van der Waals surface area contributed by atoms with E-state index in [0.717, 1.165) is 49.0 Å². The van der Waals surface area contributed by atoms with Crippen molar-refractivity contribution in [3.63, 3.8) is 0 Å². The van der Waals surface area contributed by atoms with Crippen molar-refractivity contribution >= 4 is 17.9 Å². The van der Waals surface area contributed by atoms with Gasteiger partial charge in [0.2, 0.25) is 5.91 Å². The minimum absolute atomic E-state index is 0.103. The molecule has 1 heterocycles. The summed E-state index contributed by atoms with van der Waals surface area (Å²) in [5.74, 6) is 0.227. The molecular weight excluding hydrogens is 240 g/mol. The first-order valence-electron chi connectivity index (χ1n) is 6.68. The molecule has 0 aromatic heterocycles. The van der Waals surface area contributed by atoms with Gasteiger partial charge >= 0.3 is 0 Å². The van der Waals surface area contributed by atoms with Crippen molar-refractivity contribution in [3.8, 4) is 0 Å². The number of nitrogens with one attached hydrogen (secondary N) is 1. The van der Waals surface area contributed by atoms with E-state index in [4.69, 9.17) is 0 Å². The van der Waals surface area contributed by atoms with Crippen molar-refractivity contribution in [1.82, 2.24) is 5.32 Å². The maximum absolute atomic E-state index is 11.6. The van der Waals surface area contributed by atoms with Crippen LogP contribution in [0.1, 0.15) is 28.8 Å². The molecule has 102 valence electrons. The normalized spacial score (nSPS) is 16.2. The highest BCUT2D eigenvalue weighted by Crippen LogP contribution is 2.26. The third-order valence-electron chi connectivity index (χ3n) is 3.76. The Bertz CT molecular complexity index is 477. The third kappa shape index (κ3) is 2.95. The number of piperidine rings is 1. The summed E-state index contributed by atoms with van der Waals surface area (Å²) >= 11 is 0. The van der Waals surface area contributed by atoms with Crippen LogP contribution >= 0.6 is 0 Å². The van der Waals surface area contributed by atoms with Gasteiger partial charge in [-0.05, 0) is 31.9 Å². The SMILES string of the molecule is CNC(=O)C1CCN(c2ccc(C)cc2C=O)CC1. The highest BCUT2D eigenvalue weighted by molar-refractivity contribution is 5.85. The van der Waals surface area contributed by atoms with Crippen LogP contribution in [0, 0.1) is 12.8 Å². The molecule has 0 atom stereocenters. The van der Waals surface area contributed by atoms with Crippen LogP contribution in [0.15, 0.2) is 18.2 Å². The van der Waals surface area contributed by atoms with Crippen LogP contribution in [-0.4, -0.2) is 32.3 Å². The van der Waals surface area contributed by atoms with E-state index in [1.165, 1.54) is 0 Å². The van der Waals surface area contributed by atoms with Gasteiger partial charge in [-0.1, -0.05) is 11.6 Å². The smallest absolute Gasteiger partial charge is 0.222 e. The first-order chi connectivity index (χ1) is 9.15. The lowest BCUT2D eigenvalue weighted by molar-refractivity contribution is -0.125. The van der Waals surface area contributed by atoms with E-state index in [9.17, 15) is 9.59 Å². The number of hydrogen-bond acceptors (Lipinski definition) is 3. The lowest BCUT2D eigenvalue weighted by Crippen LogP contribution is -2.39. The van der Waals surface area contributed by atoms with Gasteiger partial charge in [0.15, 0.2) is 6.29 Å². The van der Waals surface area contributed by atoms with Crippen molar-refractivity contribution in [2.75, 3.05) is 25.0 Å². The van der Waals surface area contributed by atoms with Gasteiger partial charge in [0.25, 0.3) is 0 Å². The molecule has 1 saturated heterocycles. The Labute approximate surface area is 113 Å². The number of amides is 1. The molecule has 1 amide bonds. The Kier molecular flexibility index (Phi) is 4.20. The second-order valence-electron chi connectivity index (χ2n) is 5.06. The average molecular weight is 260 g/mol. The number of carbonyl (C=O) groups is 2. The van der Waals surface area contributed by atoms with Gasteiger partial charge in [-0.15, -0.1) is 0 Å². The molecule has 0 saturated carbocycles. The Balaban J connectivity index is 2.09. The van der Waals surface area contributed by atoms with Crippen LogP contribution < -0.4 is 10.2 Å². The summed E-state index contributed by atoms with van der Waals surface area (Å²) in [5, 5.41) is 2.71. The summed E-state index contributed by atoms with van der Waals surface area (Å²) in [6, 6.07) is 5.93. The number of aldehydes is 1. The first kappa shape index (κ1) is 13.6. The van der Waals surface area contributed by atoms with Crippen LogP contribution in [0.3, 0.4) is 0 Å². The Hall–Kier alpha value is -1.84. The summed E-state index contributed by atoms with van der Waals surface area (Å²) in [7, 11) is 1.68. The Morgan fingerprint density at radius 1 is 1.37 bits per heavy atom. The van der Waals surface area contributed by atoms with E-state index in [1.54, 1.807) is 7.05 Å². The molecule has 1 aromatic rings. The van der Waals surface area contributed by atoms with Crippen molar-refractivity contribution in [3.05, 3.63) is 29.3 Å². The van der Waals surface area contributed by atoms with Crippen LogP contribution in [0.2, 0.25) is 0 Å². The number of nitrogens with zero attached hydrogens (tertiary/aromatic N) is 1. The van der Waals surface area contributed by atoms with Gasteiger partial charge in [0.1, 0.15) is 0 Å². The predicted octanol–water partition coefficient (Wildman–Crippen LogP) is 1.77. The molecule has 1 fully saturated rings. The standard InChI is InChI=1S/C15H20N2O2/c1-11-3-4-14(13(9-11)10-18)17-7-5-12(6-8-17)15(19)16-2/h3-4,9-10,12H,5-8H2,1-2H3,(H,16,19). The van der Waals surface area contributed by atoms with E-state index >= 15 is 0 Å². The molecule has 4 nitrogen and oxygen atoms in total. The maximum atomic E-state index is 11.6. The quantitative estimate of drug-likeness (QED) is 0.843. The number of rotatable bonds is 3. The molecule has 1 N–H and O–H groups in total. The number of hydrogen-bond donors (Lipinski definition) is 1.